The molecule has 0 atom stereocenters. The smallest absolute Gasteiger partial charge is 0.242 e. The molecule has 1 aromatic heterocycles. The van der Waals surface area contributed by atoms with Crippen LogP contribution in [0.5, 0.6) is 0 Å². The standard InChI is InChI=1S/C17H22N4O3/c1-19(14-4-2-3-9-18-14)13-7-10-20(11-8-13)17(24)12-21-15(22)5-6-16(21)23/h2-4,9,13H,5-8,10-12H2,1H3. The van der Waals surface area contributed by atoms with Crippen molar-refractivity contribution in [1.29, 1.82) is 0 Å². The molecule has 0 aromatic carbocycles. The van der Waals surface area contributed by atoms with E-state index in [4.69, 9.17) is 0 Å². The van der Waals surface area contributed by atoms with E-state index in [0.717, 1.165) is 23.6 Å². The van der Waals surface area contributed by atoms with E-state index in [1.165, 1.54) is 0 Å². The lowest BCUT2D eigenvalue weighted by atomic mass is 10.0. The third kappa shape index (κ3) is 3.39. The maximum atomic E-state index is 12.3. The van der Waals surface area contributed by atoms with Gasteiger partial charge in [0.05, 0.1) is 0 Å². The van der Waals surface area contributed by atoms with Crippen molar-refractivity contribution in [2.45, 2.75) is 31.7 Å². The van der Waals surface area contributed by atoms with Crippen LogP contribution in [-0.4, -0.2) is 65.2 Å². The van der Waals surface area contributed by atoms with Gasteiger partial charge >= 0.3 is 0 Å². The van der Waals surface area contributed by atoms with Crippen LogP contribution >= 0.6 is 0 Å². The summed E-state index contributed by atoms with van der Waals surface area (Å²) < 4.78 is 0. The number of anilines is 1. The molecular formula is C17H22N4O3. The molecule has 2 fully saturated rings. The van der Waals surface area contributed by atoms with Gasteiger partial charge < -0.3 is 9.80 Å². The number of rotatable bonds is 4. The highest BCUT2D eigenvalue weighted by Crippen LogP contribution is 2.21. The molecule has 0 aliphatic carbocycles. The maximum absolute atomic E-state index is 12.3. The van der Waals surface area contributed by atoms with Gasteiger partial charge in [-0.2, -0.15) is 0 Å². The Morgan fingerprint density at radius 1 is 1.21 bits per heavy atom. The second kappa shape index (κ2) is 6.98. The van der Waals surface area contributed by atoms with E-state index in [1.807, 2.05) is 25.2 Å². The highest BCUT2D eigenvalue weighted by Gasteiger charge is 2.33. The Morgan fingerprint density at radius 2 is 1.88 bits per heavy atom. The topological polar surface area (TPSA) is 73.8 Å². The number of piperidine rings is 1. The predicted octanol–water partition coefficient (Wildman–Crippen LogP) is 0.658. The van der Waals surface area contributed by atoms with Crippen molar-refractivity contribution in [2.75, 3.05) is 31.6 Å². The Bertz CT molecular complexity index is 610. The molecule has 2 saturated heterocycles. The van der Waals surface area contributed by atoms with Gasteiger partial charge in [0.25, 0.3) is 0 Å². The molecule has 2 aliphatic rings. The van der Waals surface area contributed by atoms with E-state index < -0.39 is 0 Å². The van der Waals surface area contributed by atoms with Crippen molar-refractivity contribution in [3.8, 4) is 0 Å². The average molecular weight is 330 g/mol. The summed E-state index contributed by atoms with van der Waals surface area (Å²) in [6, 6.07) is 6.16. The summed E-state index contributed by atoms with van der Waals surface area (Å²) in [5, 5.41) is 0. The minimum atomic E-state index is -0.238. The Morgan fingerprint density at radius 3 is 2.46 bits per heavy atom. The van der Waals surface area contributed by atoms with Crippen molar-refractivity contribution in [3.05, 3.63) is 24.4 Å². The first-order valence-corrected chi connectivity index (χ1v) is 8.31. The fourth-order valence-electron chi connectivity index (χ4n) is 3.29. The van der Waals surface area contributed by atoms with E-state index in [9.17, 15) is 14.4 Å². The normalized spacial score (nSPS) is 19.0. The Hall–Kier alpha value is -2.44. The molecule has 0 N–H and O–H groups in total. The Balaban J connectivity index is 1.52. The van der Waals surface area contributed by atoms with Gasteiger partial charge in [-0.05, 0) is 25.0 Å². The van der Waals surface area contributed by atoms with Gasteiger partial charge in [-0.25, -0.2) is 4.98 Å². The summed E-state index contributed by atoms with van der Waals surface area (Å²) >= 11 is 0. The first-order chi connectivity index (χ1) is 11.6. The Labute approximate surface area is 141 Å². The monoisotopic (exact) mass is 330 g/mol. The molecule has 3 amide bonds. The molecule has 7 heteroatoms. The third-order valence-corrected chi connectivity index (χ3v) is 4.82. The second-order valence-corrected chi connectivity index (χ2v) is 6.28. The molecule has 0 spiro atoms. The number of nitrogens with zero attached hydrogens (tertiary/aromatic N) is 4. The Kier molecular flexibility index (Phi) is 4.78. The van der Waals surface area contributed by atoms with Crippen molar-refractivity contribution in [2.24, 2.45) is 0 Å². The van der Waals surface area contributed by atoms with E-state index in [-0.39, 0.29) is 37.1 Å². The van der Waals surface area contributed by atoms with E-state index in [2.05, 4.69) is 9.88 Å². The van der Waals surface area contributed by atoms with Crippen molar-refractivity contribution < 1.29 is 14.4 Å². The zero-order valence-electron chi connectivity index (χ0n) is 13.9. The number of hydrogen-bond acceptors (Lipinski definition) is 5. The van der Waals surface area contributed by atoms with Crippen LogP contribution in [0.3, 0.4) is 0 Å². The third-order valence-electron chi connectivity index (χ3n) is 4.82. The maximum Gasteiger partial charge on any atom is 0.242 e. The van der Waals surface area contributed by atoms with Crippen LogP contribution in [0.4, 0.5) is 5.82 Å². The molecule has 7 nitrogen and oxygen atoms in total. The summed E-state index contributed by atoms with van der Waals surface area (Å²) in [5.74, 6) is 0.310. The lowest BCUT2D eigenvalue weighted by molar-refractivity contribution is -0.145. The number of amides is 3. The van der Waals surface area contributed by atoms with Crippen LogP contribution in [0.15, 0.2) is 24.4 Å². The zero-order valence-corrected chi connectivity index (χ0v) is 13.9. The average Bonchev–Trinajstić information content (AvgIpc) is 2.94. The van der Waals surface area contributed by atoms with Crippen LogP contribution in [0.2, 0.25) is 0 Å². The number of carbonyl (C=O) groups excluding carboxylic acids is 3. The van der Waals surface area contributed by atoms with Crippen LogP contribution in [0.25, 0.3) is 0 Å². The summed E-state index contributed by atoms with van der Waals surface area (Å²) in [6.07, 6.45) is 3.92. The first-order valence-electron chi connectivity index (χ1n) is 8.31. The van der Waals surface area contributed by atoms with Crippen molar-refractivity contribution in [1.82, 2.24) is 14.8 Å². The summed E-state index contributed by atoms with van der Waals surface area (Å²) in [4.78, 5) is 44.9. The fourth-order valence-corrected chi connectivity index (χ4v) is 3.29. The van der Waals surface area contributed by atoms with Gasteiger partial charge in [0.2, 0.25) is 17.7 Å². The molecule has 3 rings (SSSR count). The summed E-state index contributed by atoms with van der Waals surface area (Å²) in [6.45, 7) is 1.16. The van der Waals surface area contributed by atoms with Gasteiger partial charge in [-0.15, -0.1) is 0 Å². The zero-order chi connectivity index (χ0) is 17.1. The second-order valence-electron chi connectivity index (χ2n) is 6.28. The minimum absolute atomic E-state index is 0.113. The molecule has 0 bridgehead atoms. The SMILES string of the molecule is CN(c1ccccn1)C1CCN(C(=O)CN2C(=O)CCC2=O)CC1. The molecule has 3 heterocycles. The van der Waals surface area contributed by atoms with Crippen LogP contribution < -0.4 is 4.90 Å². The summed E-state index contributed by atoms with van der Waals surface area (Å²) in [7, 11) is 2.02. The number of pyridine rings is 1. The van der Waals surface area contributed by atoms with Crippen LogP contribution in [0, 0.1) is 0 Å². The number of hydrogen-bond donors (Lipinski definition) is 0. The van der Waals surface area contributed by atoms with Crippen molar-refractivity contribution in [3.63, 3.8) is 0 Å². The molecule has 1 aromatic rings. The lowest BCUT2D eigenvalue weighted by Crippen LogP contribution is -2.49. The van der Waals surface area contributed by atoms with E-state index in [0.29, 0.717) is 19.1 Å². The predicted molar refractivity (Wildman–Crippen MR) is 88.2 cm³/mol. The first kappa shape index (κ1) is 16.4. The number of likely N-dealkylation sites (tertiary alicyclic amines) is 2. The molecule has 0 radical (unpaired) electrons. The van der Waals surface area contributed by atoms with Gasteiger partial charge in [-0.1, -0.05) is 6.07 Å². The summed E-state index contributed by atoms with van der Waals surface area (Å²) in [5.41, 5.74) is 0. The molecule has 2 aliphatic heterocycles. The highest BCUT2D eigenvalue weighted by molar-refractivity contribution is 6.04. The quantitative estimate of drug-likeness (QED) is 0.758. The molecule has 24 heavy (non-hydrogen) atoms. The van der Waals surface area contributed by atoms with E-state index >= 15 is 0 Å². The fraction of sp³-hybridized carbons (Fsp3) is 0.529. The highest BCUT2D eigenvalue weighted by atomic mass is 16.2. The number of carbonyl (C=O) groups is 3. The van der Waals surface area contributed by atoms with E-state index in [1.54, 1.807) is 11.1 Å². The number of imide groups is 1. The van der Waals surface area contributed by atoms with Gasteiger partial charge in [0.1, 0.15) is 12.4 Å². The van der Waals surface area contributed by atoms with Gasteiger partial charge in [0, 0.05) is 45.2 Å². The molecule has 128 valence electrons. The van der Waals surface area contributed by atoms with Gasteiger partial charge in [0.15, 0.2) is 0 Å². The molecule has 0 saturated carbocycles. The van der Waals surface area contributed by atoms with Crippen molar-refractivity contribution >= 4 is 23.5 Å². The molecular weight excluding hydrogens is 308 g/mol. The number of aromatic nitrogens is 1. The minimum Gasteiger partial charge on any atom is -0.357 e. The van der Waals surface area contributed by atoms with Gasteiger partial charge in [-0.3, -0.25) is 19.3 Å². The van der Waals surface area contributed by atoms with Crippen LogP contribution in [-0.2, 0) is 14.4 Å². The van der Waals surface area contributed by atoms with Crippen LogP contribution in [0.1, 0.15) is 25.7 Å². The lowest BCUT2D eigenvalue weighted by Gasteiger charge is -2.37. The largest absolute Gasteiger partial charge is 0.357 e. The molecule has 0 unspecified atom stereocenters.